The topological polar surface area (TPSA) is 72.4 Å². The Bertz CT molecular complexity index is 855. The van der Waals surface area contributed by atoms with Gasteiger partial charge in [-0.2, -0.15) is 5.10 Å². The normalized spacial score (nSPS) is 14.6. The third kappa shape index (κ3) is 6.83. The molecule has 160 valence electrons. The lowest BCUT2D eigenvalue weighted by Crippen LogP contribution is -2.42. The Morgan fingerprint density at radius 3 is 2.67 bits per heavy atom. The van der Waals surface area contributed by atoms with Crippen molar-refractivity contribution in [3.05, 3.63) is 58.1 Å². The molecule has 0 atom stereocenters. The molecule has 8 heteroatoms. The van der Waals surface area contributed by atoms with Crippen molar-refractivity contribution in [3.8, 4) is 11.5 Å². The third-order valence-electron chi connectivity index (χ3n) is 4.46. The number of morpholine rings is 1. The third-order valence-corrected chi connectivity index (χ3v) is 5.15. The van der Waals surface area contributed by atoms with Gasteiger partial charge >= 0.3 is 0 Å². The second-order valence-corrected chi connectivity index (χ2v) is 7.56. The zero-order valence-corrected chi connectivity index (χ0v) is 18.6. The van der Waals surface area contributed by atoms with E-state index < -0.39 is 0 Å². The summed E-state index contributed by atoms with van der Waals surface area (Å²) in [6.07, 6.45) is 1.59. The van der Waals surface area contributed by atoms with Crippen molar-refractivity contribution < 1.29 is 19.0 Å². The molecule has 1 amide bonds. The fourth-order valence-electron chi connectivity index (χ4n) is 2.94. The zero-order valence-electron chi connectivity index (χ0n) is 17.0. The maximum atomic E-state index is 12.1. The van der Waals surface area contributed by atoms with Crippen molar-refractivity contribution in [2.75, 3.05) is 39.5 Å². The molecule has 1 fully saturated rings. The lowest BCUT2D eigenvalue weighted by Gasteiger charge is -2.25. The van der Waals surface area contributed by atoms with Gasteiger partial charge in [0.2, 0.25) is 0 Å². The highest BCUT2D eigenvalue weighted by molar-refractivity contribution is 9.10. The summed E-state index contributed by atoms with van der Waals surface area (Å²) in [6, 6.07) is 13.6. The van der Waals surface area contributed by atoms with Crippen LogP contribution in [0.3, 0.4) is 0 Å². The number of hydrogen-bond donors (Lipinski definition) is 1. The van der Waals surface area contributed by atoms with Crippen LogP contribution in [0.4, 0.5) is 0 Å². The van der Waals surface area contributed by atoms with Crippen LogP contribution in [-0.4, -0.2) is 56.5 Å². The van der Waals surface area contributed by atoms with Crippen molar-refractivity contribution in [1.29, 1.82) is 0 Å². The Hall–Kier alpha value is -2.42. The van der Waals surface area contributed by atoms with Gasteiger partial charge in [0, 0.05) is 23.1 Å². The van der Waals surface area contributed by atoms with Crippen LogP contribution in [-0.2, 0) is 16.1 Å². The molecule has 0 aromatic heterocycles. The molecular formula is C22H26BrN3O4. The molecule has 1 aliphatic rings. The van der Waals surface area contributed by atoms with Crippen molar-refractivity contribution in [1.82, 2.24) is 10.3 Å². The lowest BCUT2D eigenvalue weighted by atomic mass is 10.2. The van der Waals surface area contributed by atoms with E-state index in [4.69, 9.17) is 14.2 Å². The molecule has 0 bridgehead atoms. The smallest absolute Gasteiger partial charge is 0.254 e. The van der Waals surface area contributed by atoms with Gasteiger partial charge < -0.3 is 14.2 Å². The van der Waals surface area contributed by atoms with E-state index in [-0.39, 0.29) is 5.91 Å². The van der Waals surface area contributed by atoms with E-state index in [0.717, 1.165) is 28.7 Å². The predicted octanol–water partition coefficient (Wildman–Crippen LogP) is 3.21. The average Bonchev–Trinajstić information content (AvgIpc) is 2.76. The first-order valence-electron chi connectivity index (χ1n) is 9.90. The van der Waals surface area contributed by atoms with E-state index in [1.165, 1.54) is 0 Å². The summed E-state index contributed by atoms with van der Waals surface area (Å²) >= 11 is 3.54. The Balaban J connectivity index is 1.61. The summed E-state index contributed by atoms with van der Waals surface area (Å²) in [5.41, 5.74) is 4.42. The quantitative estimate of drug-likeness (QED) is 0.445. The van der Waals surface area contributed by atoms with E-state index in [1.807, 2.05) is 54.3 Å². The molecule has 1 saturated heterocycles. The van der Waals surface area contributed by atoms with Crippen molar-refractivity contribution in [2.45, 2.75) is 13.5 Å². The molecule has 0 unspecified atom stereocenters. The number of amides is 1. The van der Waals surface area contributed by atoms with Crippen LogP contribution in [0, 0.1) is 0 Å². The Morgan fingerprint density at radius 2 is 1.93 bits per heavy atom. The molecule has 0 radical (unpaired) electrons. The number of hydrazone groups is 1. The van der Waals surface area contributed by atoms with Crippen LogP contribution < -0.4 is 14.9 Å². The first kappa shape index (κ1) is 22.3. The number of benzene rings is 2. The summed E-state index contributed by atoms with van der Waals surface area (Å²) in [4.78, 5) is 14.1. The van der Waals surface area contributed by atoms with Gasteiger partial charge in [-0.1, -0.05) is 30.3 Å². The summed E-state index contributed by atoms with van der Waals surface area (Å²) in [5.74, 6) is 1.11. The fraction of sp³-hybridized carbons (Fsp3) is 0.364. The van der Waals surface area contributed by atoms with Crippen LogP contribution in [0.15, 0.2) is 52.0 Å². The number of carbonyl (C=O) groups excluding carboxylic acids is 1. The maximum Gasteiger partial charge on any atom is 0.254 e. The van der Waals surface area contributed by atoms with E-state index in [0.29, 0.717) is 44.5 Å². The number of carbonyl (C=O) groups is 1. The number of halogens is 1. The number of nitrogens with one attached hydrogen (secondary N) is 1. The molecule has 3 rings (SSSR count). The highest BCUT2D eigenvalue weighted by Gasteiger charge is 2.14. The molecule has 1 heterocycles. The summed E-state index contributed by atoms with van der Waals surface area (Å²) in [5, 5.41) is 4.08. The Morgan fingerprint density at radius 1 is 1.20 bits per heavy atom. The van der Waals surface area contributed by atoms with Gasteiger partial charge in [0.05, 0.1) is 32.6 Å². The van der Waals surface area contributed by atoms with Gasteiger partial charge in [0.1, 0.15) is 6.61 Å². The number of rotatable bonds is 9. The average molecular weight is 476 g/mol. The van der Waals surface area contributed by atoms with Crippen LogP contribution in [0.1, 0.15) is 18.1 Å². The van der Waals surface area contributed by atoms with E-state index in [2.05, 4.69) is 26.5 Å². The summed E-state index contributed by atoms with van der Waals surface area (Å²) in [6.45, 7) is 6.00. The van der Waals surface area contributed by atoms with Crippen LogP contribution in [0.2, 0.25) is 0 Å². The highest BCUT2D eigenvalue weighted by atomic mass is 79.9. The minimum Gasteiger partial charge on any atom is -0.490 e. The minimum absolute atomic E-state index is 0.155. The molecular weight excluding hydrogens is 450 g/mol. The molecule has 0 spiro atoms. The van der Waals surface area contributed by atoms with Crippen molar-refractivity contribution in [3.63, 3.8) is 0 Å². The molecule has 1 aliphatic heterocycles. The van der Waals surface area contributed by atoms with Crippen LogP contribution in [0.25, 0.3) is 0 Å². The minimum atomic E-state index is -0.155. The van der Waals surface area contributed by atoms with Gasteiger partial charge in [-0.3, -0.25) is 9.69 Å². The van der Waals surface area contributed by atoms with Gasteiger partial charge in [-0.05, 0) is 40.5 Å². The van der Waals surface area contributed by atoms with E-state index >= 15 is 0 Å². The standard InChI is InChI=1S/C22H26BrN3O4/c1-2-29-20-12-18(14-24-25-22(27)15-26-8-10-28-11-9-26)19(23)13-21(20)30-16-17-6-4-3-5-7-17/h3-7,12-14H,2,8-11,15-16H2,1H3,(H,25,27)/b24-14+. The Labute approximate surface area is 185 Å². The van der Waals surface area contributed by atoms with Gasteiger partial charge in [0.25, 0.3) is 5.91 Å². The zero-order chi connectivity index (χ0) is 21.2. The fourth-order valence-corrected chi connectivity index (χ4v) is 3.36. The molecule has 30 heavy (non-hydrogen) atoms. The monoisotopic (exact) mass is 475 g/mol. The van der Waals surface area contributed by atoms with Crippen LogP contribution in [0.5, 0.6) is 11.5 Å². The predicted molar refractivity (Wildman–Crippen MR) is 119 cm³/mol. The van der Waals surface area contributed by atoms with E-state index in [1.54, 1.807) is 6.21 Å². The first-order chi connectivity index (χ1) is 14.7. The van der Waals surface area contributed by atoms with Gasteiger partial charge in [-0.25, -0.2) is 5.43 Å². The van der Waals surface area contributed by atoms with Gasteiger partial charge in [-0.15, -0.1) is 0 Å². The van der Waals surface area contributed by atoms with E-state index in [9.17, 15) is 4.79 Å². The first-order valence-corrected chi connectivity index (χ1v) is 10.7. The molecule has 2 aromatic carbocycles. The lowest BCUT2D eigenvalue weighted by molar-refractivity contribution is -0.123. The highest BCUT2D eigenvalue weighted by Crippen LogP contribution is 2.33. The van der Waals surface area contributed by atoms with Gasteiger partial charge in [0.15, 0.2) is 11.5 Å². The number of hydrogen-bond acceptors (Lipinski definition) is 6. The largest absolute Gasteiger partial charge is 0.490 e. The summed E-state index contributed by atoms with van der Waals surface area (Å²) < 4.78 is 17.8. The number of ether oxygens (including phenoxy) is 3. The Kier molecular flexibility index (Phi) is 8.67. The molecule has 2 aromatic rings. The second-order valence-electron chi connectivity index (χ2n) is 6.71. The number of nitrogens with zero attached hydrogens (tertiary/aromatic N) is 2. The maximum absolute atomic E-state index is 12.1. The summed E-state index contributed by atoms with van der Waals surface area (Å²) in [7, 11) is 0. The second kappa shape index (κ2) is 11.7. The van der Waals surface area contributed by atoms with Crippen molar-refractivity contribution >= 4 is 28.1 Å². The molecule has 0 saturated carbocycles. The van der Waals surface area contributed by atoms with Crippen molar-refractivity contribution in [2.24, 2.45) is 5.10 Å². The SMILES string of the molecule is CCOc1cc(/C=N/NC(=O)CN2CCOCC2)c(Br)cc1OCc1ccccc1. The molecule has 1 N–H and O–H groups in total. The molecule has 7 nitrogen and oxygen atoms in total. The van der Waals surface area contributed by atoms with Crippen LogP contribution >= 0.6 is 15.9 Å². The molecule has 0 aliphatic carbocycles.